The van der Waals surface area contributed by atoms with E-state index < -0.39 is 11.6 Å². The third kappa shape index (κ3) is 4.59. The molecule has 2 aromatic rings. The Morgan fingerprint density at radius 3 is 2.96 bits per heavy atom. The zero-order valence-corrected chi connectivity index (χ0v) is 15.3. The second-order valence-electron chi connectivity index (χ2n) is 6.73. The largest absolute Gasteiger partial charge is 0.357 e. The van der Waals surface area contributed by atoms with E-state index in [1.807, 2.05) is 24.9 Å². The first kappa shape index (κ1) is 18.4. The fourth-order valence-electron chi connectivity index (χ4n) is 3.35. The van der Waals surface area contributed by atoms with Gasteiger partial charge in [0.05, 0.1) is 12.7 Å². The van der Waals surface area contributed by atoms with Crippen molar-refractivity contribution in [3.63, 3.8) is 0 Å². The molecule has 3 rings (SSSR count). The fraction of sp³-hybridized carbons (Fsp3) is 0.474. The van der Waals surface area contributed by atoms with Crippen molar-refractivity contribution in [2.24, 2.45) is 18.0 Å². The third-order valence-corrected chi connectivity index (χ3v) is 4.61. The van der Waals surface area contributed by atoms with Crippen LogP contribution in [0.1, 0.15) is 24.5 Å². The van der Waals surface area contributed by atoms with Gasteiger partial charge in [0, 0.05) is 38.4 Å². The molecule has 0 spiro atoms. The Morgan fingerprint density at radius 1 is 1.38 bits per heavy atom. The summed E-state index contributed by atoms with van der Waals surface area (Å²) in [5, 5.41) is 7.48. The van der Waals surface area contributed by atoms with Crippen LogP contribution in [0.4, 0.5) is 8.78 Å². The van der Waals surface area contributed by atoms with Gasteiger partial charge in [0.15, 0.2) is 5.96 Å². The van der Waals surface area contributed by atoms with Crippen LogP contribution < -0.4 is 5.32 Å². The first-order valence-corrected chi connectivity index (χ1v) is 9.00. The third-order valence-electron chi connectivity index (χ3n) is 4.61. The van der Waals surface area contributed by atoms with Crippen LogP contribution in [0.25, 0.3) is 0 Å². The van der Waals surface area contributed by atoms with Crippen molar-refractivity contribution in [1.82, 2.24) is 20.0 Å². The van der Waals surface area contributed by atoms with E-state index in [9.17, 15) is 8.78 Å². The zero-order valence-electron chi connectivity index (χ0n) is 15.3. The van der Waals surface area contributed by atoms with Crippen molar-refractivity contribution >= 4 is 5.96 Å². The van der Waals surface area contributed by atoms with E-state index in [2.05, 4.69) is 26.5 Å². The number of halogens is 2. The summed E-state index contributed by atoms with van der Waals surface area (Å²) in [4.78, 5) is 6.72. The Morgan fingerprint density at radius 2 is 2.23 bits per heavy atom. The highest BCUT2D eigenvalue weighted by atomic mass is 19.1. The Balaban J connectivity index is 1.64. The maximum atomic E-state index is 13.8. The summed E-state index contributed by atoms with van der Waals surface area (Å²) in [6, 6.07) is 3.47. The topological polar surface area (TPSA) is 45.5 Å². The average Bonchev–Trinajstić information content (AvgIpc) is 3.24. The molecule has 1 aliphatic heterocycles. The molecule has 0 radical (unpaired) electrons. The maximum absolute atomic E-state index is 13.8. The van der Waals surface area contributed by atoms with E-state index in [0.29, 0.717) is 5.92 Å². The van der Waals surface area contributed by atoms with Crippen LogP contribution in [-0.2, 0) is 20.0 Å². The van der Waals surface area contributed by atoms with Gasteiger partial charge in [-0.05, 0) is 49.4 Å². The summed E-state index contributed by atoms with van der Waals surface area (Å²) in [5.74, 6) is 0.417. The smallest absolute Gasteiger partial charge is 0.194 e. The Kier molecular flexibility index (Phi) is 5.85. The van der Waals surface area contributed by atoms with Crippen molar-refractivity contribution in [2.45, 2.75) is 26.3 Å². The van der Waals surface area contributed by atoms with Crippen molar-refractivity contribution in [2.75, 3.05) is 19.6 Å². The highest BCUT2D eigenvalue weighted by Gasteiger charge is 2.25. The van der Waals surface area contributed by atoms with Crippen molar-refractivity contribution < 1.29 is 8.78 Å². The second kappa shape index (κ2) is 8.29. The van der Waals surface area contributed by atoms with Gasteiger partial charge in [-0.1, -0.05) is 0 Å². The Bertz CT molecular complexity index is 771. The monoisotopic (exact) mass is 361 g/mol. The van der Waals surface area contributed by atoms with Gasteiger partial charge in [0.25, 0.3) is 0 Å². The van der Waals surface area contributed by atoms with Crippen LogP contribution in [-0.4, -0.2) is 40.3 Å². The van der Waals surface area contributed by atoms with Gasteiger partial charge in [-0.25, -0.2) is 13.8 Å². The number of aromatic nitrogens is 2. The minimum Gasteiger partial charge on any atom is -0.357 e. The van der Waals surface area contributed by atoms with Crippen LogP contribution in [0.15, 0.2) is 35.6 Å². The first-order chi connectivity index (χ1) is 12.5. The van der Waals surface area contributed by atoms with Gasteiger partial charge in [0.2, 0.25) is 0 Å². The summed E-state index contributed by atoms with van der Waals surface area (Å²) >= 11 is 0. The SMILES string of the molecule is CCNC(=NCc1cc(F)ccc1F)N1CCC(Cc2cnn(C)c2)C1. The molecular formula is C19H25F2N5. The molecule has 1 aromatic heterocycles. The molecule has 1 N–H and O–H groups in total. The lowest BCUT2D eigenvalue weighted by atomic mass is 10.0. The first-order valence-electron chi connectivity index (χ1n) is 9.00. The number of hydrogen-bond acceptors (Lipinski definition) is 2. The van der Waals surface area contributed by atoms with E-state index in [1.54, 1.807) is 0 Å². The lowest BCUT2D eigenvalue weighted by molar-refractivity contribution is 0.459. The van der Waals surface area contributed by atoms with Gasteiger partial charge in [0.1, 0.15) is 11.6 Å². The number of aliphatic imine (C=N–C) groups is 1. The molecule has 1 fully saturated rings. The van der Waals surface area contributed by atoms with E-state index in [0.717, 1.165) is 50.6 Å². The van der Waals surface area contributed by atoms with Crippen LogP contribution in [0.2, 0.25) is 0 Å². The van der Waals surface area contributed by atoms with Crippen molar-refractivity contribution in [3.8, 4) is 0 Å². The van der Waals surface area contributed by atoms with Crippen molar-refractivity contribution in [3.05, 3.63) is 53.4 Å². The molecule has 2 heterocycles. The highest BCUT2D eigenvalue weighted by molar-refractivity contribution is 5.80. The highest BCUT2D eigenvalue weighted by Crippen LogP contribution is 2.21. The number of nitrogens with zero attached hydrogens (tertiary/aromatic N) is 4. The summed E-state index contributed by atoms with van der Waals surface area (Å²) in [7, 11) is 1.92. The van der Waals surface area contributed by atoms with Gasteiger partial charge >= 0.3 is 0 Å². The Hall–Kier alpha value is -2.44. The van der Waals surface area contributed by atoms with Gasteiger partial charge < -0.3 is 10.2 Å². The van der Waals surface area contributed by atoms with E-state index in [1.165, 1.54) is 11.6 Å². The molecule has 0 amide bonds. The molecule has 1 aliphatic rings. The molecule has 1 atom stereocenters. The quantitative estimate of drug-likeness (QED) is 0.658. The number of hydrogen-bond donors (Lipinski definition) is 1. The summed E-state index contributed by atoms with van der Waals surface area (Å²) < 4.78 is 29.0. The molecule has 1 saturated heterocycles. The number of benzene rings is 1. The van der Waals surface area contributed by atoms with Gasteiger partial charge in [-0.3, -0.25) is 4.68 Å². The second-order valence-corrected chi connectivity index (χ2v) is 6.73. The van der Waals surface area contributed by atoms with Crippen LogP contribution in [0.5, 0.6) is 0 Å². The Labute approximate surface area is 152 Å². The number of rotatable bonds is 5. The van der Waals surface area contributed by atoms with Crippen LogP contribution in [0.3, 0.4) is 0 Å². The van der Waals surface area contributed by atoms with Crippen LogP contribution in [0, 0.1) is 17.6 Å². The molecular weight excluding hydrogens is 336 g/mol. The minimum absolute atomic E-state index is 0.121. The maximum Gasteiger partial charge on any atom is 0.194 e. The number of guanidine groups is 1. The van der Waals surface area contributed by atoms with E-state index in [-0.39, 0.29) is 12.1 Å². The number of aryl methyl sites for hydroxylation is 1. The van der Waals surface area contributed by atoms with Crippen molar-refractivity contribution in [1.29, 1.82) is 0 Å². The molecule has 1 aromatic carbocycles. The fourth-order valence-corrected chi connectivity index (χ4v) is 3.35. The van der Waals surface area contributed by atoms with Crippen LogP contribution >= 0.6 is 0 Å². The predicted octanol–water partition coefficient (Wildman–Crippen LogP) is 2.73. The molecule has 5 nitrogen and oxygen atoms in total. The molecule has 7 heteroatoms. The summed E-state index contributed by atoms with van der Waals surface area (Å²) in [6.07, 6.45) is 6.03. The van der Waals surface area contributed by atoms with E-state index in [4.69, 9.17) is 0 Å². The number of likely N-dealkylation sites (tertiary alicyclic amines) is 1. The predicted molar refractivity (Wildman–Crippen MR) is 97.8 cm³/mol. The number of nitrogens with one attached hydrogen (secondary N) is 1. The molecule has 1 unspecified atom stereocenters. The minimum atomic E-state index is -0.445. The van der Waals surface area contributed by atoms with Gasteiger partial charge in [-0.15, -0.1) is 0 Å². The standard InChI is InChI=1S/C19H25F2N5/c1-3-22-19(23-11-16-9-17(20)4-5-18(16)21)26-7-6-14(13-26)8-15-10-24-25(2)12-15/h4-5,9-10,12,14H,3,6-8,11,13H2,1-2H3,(H,22,23). The van der Waals surface area contributed by atoms with Gasteiger partial charge in [-0.2, -0.15) is 5.10 Å². The average molecular weight is 361 g/mol. The molecule has 0 saturated carbocycles. The molecule has 0 bridgehead atoms. The summed E-state index contributed by atoms with van der Waals surface area (Å²) in [6.45, 7) is 4.65. The molecule has 140 valence electrons. The lowest BCUT2D eigenvalue weighted by Crippen LogP contribution is -2.40. The van der Waals surface area contributed by atoms with E-state index >= 15 is 0 Å². The zero-order chi connectivity index (χ0) is 18.5. The normalized spacial score (nSPS) is 17.8. The lowest BCUT2D eigenvalue weighted by Gasteiger charge is -2.21. The molecule has 0 aliphatic carbocycles. The summed E-state index contributed by atoms with van der Waals surface area (Å²) in [5.41, 5.74) is 1.51. The molecule has 26 heavy (non-hydrogen) atoms.